The van der Waals surface area contributed by atoms with Crippen LogP contribution in [-0.2, 0) is 9.59 Å². The fourth-order valence-electron chi connectivity index (χ4n) is 4.10. The zero-order chi connectivity index (χ0) is 21.2. The molecule has 29 heavy (non-hydrogen) atoms. The highest BCUT2D eigenvalue weighted by Crippen LogP contribution is 2.26. The van der Waals surface area contributed by atoms with E-state index in [2.05, 4.69) is 36.1 Å². The summed E-state index contributed by atoms with van der Waals surface area (Å²) in [5.41, 5.74) is 0. The molecule has 1 heterocycles. The Balaban J connectivity index is 1.99. The highest BCUT2D eigenvalue weighted by molar-refractivity contribution is 5.94. The molecule has 0 spiro atoms. The van der Waals surface area contributed by atoms with Crippen LogP contribution in [0.15, 0.2) is 10.6 Å². The molecular formula is C22H38N4O3. The van der Waals surface area contributed by atoms with Crippen molar-refractivity contribution in [3.8, 4) is 0 Å². The van der Waals surface area contributed by atoms with Crippen molar-refractivity contribution in [1.82, 2.24) is 15.0 Å². The second kappa shape index (κ2) is 12.0. The molecule has 1 aromatic heterocycles. The van der Waals surface area contributed by atoms with E-state index < -0.39 is 0 Å². The summed E-state index contributed by atoms with van der Waals surface area (Å²) < 4.78 is 5.01. The molecule has 1 saturated carbocycles. The van der Waals surface area contributed by atoms with E-state index in [-0.39, 0.29) is 30.3 Å². The number of carbonyl (C=O) groups excluding carboxylic acids is 2. The van der Waals surface area contributed by atoms with Crippen LogP contribution in [0.4, 0.5) is 5.82 Å². The molecule has 1 unspecified atom stereocenters. The fraction of sp³-hybridized carbons (Fsp3) is 0.773. The van der Waals surface area contributed by atoms with Gasteiger partial charge in [0.2, 0.25) is 11.8 Å². The SMILES string of the molecule is CCN(CC)CCCC(C)N(CC(=O)Nc1cc(C)on1)C(=O)C1CCCCC1. The summed E-state index contributed by atoms with van der Waals surface area (Å²) in [4.78, 5) is 30.0. The predicted octanol–water partition coefficient (Wildman–Crippen LogP) is 3.84. The molecule has 164 valence electrons. The quantitative estimate of drug-likeness (QED) is 0.604. The van der Waals surface area contributed by atoms with E-state index >= 15 is 0 Å². The number of nitrogens with one attached hydrogen (secondary N) is 1. The minimum atomic E-state index is -0.224. The summed E-state index contributed by atoms with van der Waals surface area (Å²) in [6.45, 7) is 11.3. The zero-order valence-corrected chi connectivity index (χ0v) is 18.6. The van der Waals surface area contributed by atoms with Gasteiger partial charge in [-0.25, -0.2) is 0 Å². The first-order valence-corrected chi connectivity index (χ1v) is 11.2. The van der Waals surface area contributed by atoms with E-state index in [0.29, 0.717) is 11.6 Å². The summed E-state index contributed by atoms with van der Waals surface area (Å²) in [7, 11) is 0. The second-order valence-electron chi connectivity index (χ2n) is 8.19. The lowest BCUT2D eigenvalue weighted by Gasteiger charge is -2.33. The van der Waals surface area contributed by atoms with Crippen molar-refractivity contribution >= 4 is 17.6 Å². The number of carbonyl (C=O) groups is 2. The average Bonchev–Trinajstić information content (AvgIpc) is 3.13. The van der Waals surface area contributed by atoms with Crippen molar-refractivity contribution in [2.24, 2.45) is 5.92 Å². The van der Waals surface area contributed by atoms with Gasteiger partial charge in [-0.15, -0.1) is 0 Å². The highest BCUT2D eigenvalue weighted by atomic mass is 16.5. The second-order valence-corrected chi connectivity index (χ2v) is 8.19. The maximum absolute atomic E-state index is 13.2. The standard InChI is InChI=1S/C22H38N4O3/c1-5-25(6-2)14-10-11-17(3)26(22(28)19-12-8-7-9-13-19)16-21(27)23-20-15-18(4)29-24-20/h15,17,19H,5-14,16H2,1-4H3,(H,23,24,27). The third kappa shape index (κ3) is 7.46. The molecule has 1 atom stereocenters. The first-order valence-electron chi connectivity index (χ1n) is 11.2. The van der Waals surface area contributed by atoms with Crippen LogP contribution >= 0.6 is 0 Å². The van der Waals surface area contributed by atoms with Crippen LogP contribution < -0.4 is 5.32 Å². The Morgan fingerprint density at radius 3 is 2.52 bits per heavy atom. The summed E-state index contributed by atoms with van der Waals surface area (Å²) in [6.07, 6.45) is 7.19. The van der Waals surface area contributed by atoms with Gasteiger partial charge >= 0.3 is 0 Å². The molecule has 0 saturated heterocycles. The van der Waals surface area contributed by atoms with Crippen molar-refractivity contribution in [1.29, 1.82) is 0 Å². The Morgan fingerprint density at radius 1 is 1.24 bits per heavy atom. The first kappa shape index (κ1) is 23.4. The summed E-state index contributed by atoms with van der Waals surface area (Å²) in [5.74, 6) is 0.993. The normalized spacial score (nSPS) is 16.0. The summed E-state index contributed by atoms with van der Waals surface area (Å²) in [5, 5.41) is 6.57. The Morgan fingerprint density at radius 2 is 1.93 bits per heavy atom. The lowest BCUT2D eigenvalue weighted by Crippen LogP contribution is -2.47. The monoisotopic (exact) mass is 406 g/mol. The van der Waals surface area contributed by atoms with E-state index in [9.17, 15) is 9.59 Å². The minimum absolute atomic E-state index is 0.0322. The van der Waals surface area contributed by atoms with Crippen LogP contribution in [0.1, 0.15) is 71.5 Å². The lowest BCUT2D eigenvalue weighted by molar-refractivity contribution is -0.141. The fourth-order valence-corrected chi connectivity index (χ4v) is 4.10. The maximum Gasteiger partial charge on any atom is 0.245 e. The number of nitrogens with zero attached hydrogens (tertiary/aromatic N) is 3. The number of hydrogen-bond donors (Lipinski definition) is 1. The zero-order valence-electron chi connectivity index (χ0n) is 18.6. The van der Waals surface area contributed by atoms with E-state index in [1.54, 1.807) is 17.9 Å². The van der Waals surface area contributed by atoms with Gasteiger partial charge in [0.05, 0.1) is 0 Å². The molecule has 0 aliphatic heterocycles. The summed E-state index contributed by atoms with van der Waals surface area (Å²) >= 11 is 0. The largest absolute Gasteiger partial charge is 0.360 e. The minimum Gasteiger partial charge on any atom is -0.360 e. The van der Waals surface area contributed by atoms with Crippen LogP contribution in [0.25, 0.3) is 0 Å². The third-order valence-electron chi connectivity index (χ3n) is 5.97. The van der Waals surface area contributed by atoms with E-state index in [0.717, 1.165) is 58.2 Å². The van der Waals surface area contributed by atoms with Gasteiger partial charge in [0.15, 0.2) is 5.82 Å². The molecule has 2 amide bonds. The number of rotatable bonds is 11. The molecule has 0 bridgehead atoms. The smallest absolute Gasteiger partial charge is 0.245 e. The van der Waals surface area contributed by atoms with Crippen LogP contribution in [0.3, 0.4) is 0 Å². The number of anilines is 1. The third-order valence-corrected chi connectivity index (χ3v) is 5.97. The Bertz CT molecular complexity index is 636. The van der Waals surface area contributed by atoms with E-state index in [4.69, 9.17) is 4.52 Å². The van der Waals surface area contributed by atoms with Crippen molar-refractivity contribution in [3.63, 3.8) is 0 Å². The van der Waals surface area contributed by atoms with Crippen LogP contribution in [0.2, 0.25) is 0 Å². The summed E-state index contributed by atoms with van der Waals surface area (Å²) in [6, 6.07) is 1.71. The van der Waals surface area contributed by atoms with Crippen LogP contribution in [0.5, 0.6) is 0 Å². The molecule has 1 fully saturated rings. The number of aromatic nitrogens is 1. The van der Waals surface area contributed by atoms with Crippen molar-refractivity contribution in [3.05, 3.63) is 11.8 Å². The van der Waals surface area contributed by atoms with Gasteiger partial charge in [0.25, 0.3) is 0 Å². The average molecular weight is 407 g/mol. The highest BCUT2D eigenvalue weighted by Gasteiger charge is 2.30. The van der Waals surface area contributed by atoms with Gasteiger partial charge in [-0.05, 0) is 59.2 Å². The molecule has 1 aliphatic rings. The molecule has 0 radical (unpaired) electrons. The van der Waals surface area contributed by atoms with Crippen molar-refractivity contribution in [2.75, 3.05) is 31.5 Å². The number of hydrogen-bond acceptors (Lipinski definition) is 5. The maximum atomic E-state index is 13.2. The van der Waals surface area contributed by atoms with E-state index in [1.807, 2.05) is 0 Å². The molecule has 1 aromatic rings. The molecule has 0 aromatic carbocycles. The van der Waals surface area contributed by atoms with Gasteiger partial charge in [-0.1, -0.05) is 38.3 Å². The van der Waals surface area contributed by atoms with Crippen molar-refractivity contribution < 1.29 is 14.1 Å². The van der Waals surface area contributed by atoms with Gasteiger partial charge in [0.1, 0.15) is 12.3 Å². The Labute approximate surface area is 175 Å². The molecule has 2 rings (SSSR count). The van der Waals surface area contributed by atoms with Gasteiger partial charge in [-0.2, -0.15) is 0 Å². The van der Waals surface area contributed by atoms with E-state index in [1.165, 1.54) is 6.42 Å². The molecule has 7 heteroatoms. The van der Waals surface area contributed by atoms with Crippen LogP contribution in [-0.4, -0.2) is 59.0 Å². The Kier molecular flexibility index (Phi) is 9.64. The first-order chi connectivity index (χ1) is 13.9. The topological polar surface area (TPSA) is 78.7 Å². The van der Waals surface area contributed by atoms with Crippen LogP contribution in [0, 0.1) is 12.8 Å². The predicted molar refractivity (Wildman–Crippen MR) is 115 cm³/mol. The molecule has 7 nitrogen and oxygen atoms in total. The Hall–Kier alpha value is -1.89. The lowest BCUT2D eigenvalue weighted by atomic mass is 9.88. The molecule has 1 N–H and O–H groups in total. The number of amides is 2. The van der Waals surface area contributed by atoms with Gasteiger partial charge in [-0.3, -0.25) is 9.59 Å². The van der Waals surface area contributed by atoms with Gasteiger partial charge in [0, 0.05) is 18.0 Å². The van der Waals surface area contributed by atoms with Crippen molar-refractivity contribution in [2.45, 2.75) is 78.7 Å². The molecular weight excluding hydrogens is 368 g/mol. The van der Waals surface area contributed by atoms with Gasteiger partial charge < -0.3 is 19.6 Å². The molecule has 1 aliphatic carbocycles. The number of aryl methyl sites for hydroxylation is 1.